The minimum atomic E-state index is 0.740. The van der Waals surface area contributed by atoms with Gasteiger partial charge >= 0.3 is 0 Å². The second-order valence-electron chi connectivity index (χ2n) is 3.63. The summed E-state index contributed by atoms with van der Waals surface area (Å²) in [5.41, 5.74) is 4.26. The molecule has 0 aliphatic rings. The lowest BCUT2D eigenvalue weighted by atomic mass is 10.2. The molecule has 3 heteroatoms. The van der Waals surface area contributed by atoms with Gasteiger partial charge in [-0.25, -0.2) is 0 Å². The minimum absolute atomic E-state index is 0.740. The highest BCUT2D eigenvalue weighted by Crippen LogP contribution is 2.26. The molecule has 0 saturated heterocycles. The number of thioether (sulfide) groups is 1. The summed E-state index contributed by atoms with van der Waals surface area (Å²) in [4.78, 5) is 1.05. The van der Waals surface area contributed by atoms with Crippen LogP contribution in [0.3, 0.4) is 0 Å². The van der Waals surface area contributed by atoms with Crippen LogP contribution in [-0.2, 0) is 0 Å². The molecule has 0 fully saturated rings. The van der Waals surface area contributed by atoms with Crippen LogP contribution in [0.1, 0.15) is 16.8 Å². The van der Waals surface area contributed by atoms with Gasteiger partial charge in [-0.05, 0) is 37.3 Å². The summed E-state index contributed by atoms with van der Waals surface area (Å²) in [5, 5.41) is 9.13. The molecule has 0 N–H and O–H groups in total. The minimum Gasteiger partial charge on any atom is -0.307 e. The average Bonchev–Trinajstić information content (AvgIpc) is 2.55. The maximum absolute atomic E-state index is 9.13. The number of fused-ring (bicyclic) bond motifs is 1. The van der Waals surface area contributed by atoms with Crippen LogP contribution in [0.2, 0.25) is 0 Å². The number of rotatable bonds is 1. The Kier molecular flexibility index (Phi) is 2.45. The smallest absolute Gasteiger partial charge is 0.138 e. The third-order valence-corrected chi connectivity index (χ3v) is 3.26. The number of nitriles is 1. The molecular weight excluding hydrogens is 204 g/mol. The molecule has 2 aromatic rings. The lowest BCUT2D eigenvalue weighted by Gasteiger charge is -2.02. The Morgan fingerprint density at radius 1 is 1.33 bits per heavy atom. The predicted molar refractivity (Wildman–Crippen MR) is 63.4 cm³/mol. The fourth-order valence-corrected chi connectivity index (χ4v) is 2.43. The van der Waals surface area contributed by atoms with Crippen molar-refractivity contribution in [2.45, 2.75) is 18.7 Å². The van der Waals surface area contributed by atoms with Gasteiger partial charge in [0.15, 0.2) is 0 Å². The SMILES string of the molecule is CSc1cc2c(C)cc(C)cn2c1C#N. The zero-order chi connectivity index (χ0) is 11.0. The van der Waals surface area contributed by atoms with Crippen LogP contribution < -0.4 is 0 Å². The highest BCUT2D eigenvalue weighted by molar-refractivity contribution is 7.98. The Morgan fingerprint density at radius 3 is 2.67 bits per heavy atom. The van der Waals surface area contributed by atoms with E-state index >= 15 is 0 Å². The van der Waals surface area contributed by atoms with Gasteiger partial charge in [-0.1, -0.05) is 6.07 Å². The van der Waals surface area contributed by atoms with E-state index < -0.39 is 0 Å². The Balaban J connectivity index is 2.90. The zero-order valence-electron chi connectivity index (χ0n) is 9.03. The van der Waals surface area contributed by atoms with Crippen LogP contribution >= 0.6 is 11.8 Å². The predicted octanol–water partition coefficient (Wildman–Crippen LogP) is 3.15. The van der Waals surface area contributed by atoms with Crippen molar-refractivity contribution in [2.75, 3.05) is 6.26 Å². The first-order valence-corrected chi connectivity index (χ1v) is 5.96. The van der Waals surface area contributed by atoms with Crippen LogP contribution in [0.15, 0.2) is 23.2 Å². The Morgan fingerprint density at radius 2 is 2.07 bits per heavy atom. The lowest BCUT2D eigenvalue weighted by Crippen LogP contribution is -1.91. The summed E-state index contributed by atoms with van der Waals surface area (Å²) in [5.74, 6) is 0. The van der Waals surface area contributed by atoms with Crippen molar-refractivity contribution in [1.29, 1.82) is 5.26 Å². The van der Waals surface area contributed by atoms with Crippen LogP contribution in [0.4, 0.5) is 0 Å². The molecule has 0 amide bonds. The second-order valence-corrected chi connectivity index (χ2v) is 4.48. The lowest BCUT2D eigenvalue weighted by molar-refractivity contribution is 1.10. The molecule has 0 bridgehead atoms. The number of pyridine rings is 1. The third kappa shape index (κ3) is 1.51. The van der Waals surface area contributed by atoms with Gasteiger partial charge in [0.1, 0.15) is 11.8 Å². The van der Waals surface area contributed by atoms with Gasteiger partial charge in [0.2, 0.25) is 0 Å². The molecule has 15 heavy (non-hydrogen) atoms. The number of hydrogen-bond acceptors (Lipinski definition) is 2. The van der Waals surface area contributed by atoms with Crippen molar-refractivity contribution in [3.8, 4) is 6.07 Å². The van der Waals surface area contributed by atoms with Crippen molar-refractivity contribution in [1.82, 2.24) is 4.40 Å². The molecule has 0 unspecified atom stereocenters. The van der Waals surface area contributed by atoms with Gasteiger partial charge in [-0.2, -0.15) is 5.26 Å². The highest BCUT2D eigenvalue weighted by atomic mass is 32.2. The van der Waals surface area contributed by atoms with E-state index in [2.05, 4.69) is 25.1 Å². The zero-order valence-corrected chi connectivity index (χ0v) is 9.85. The molecule has 76 valence electrons. The topological polar surface area (TPSA) is 28.2 Å². The van der Waals surface area contributed by atoms with E-state index in [4.69, 9.17) is 5.26 Å². The number of aromatic nitrogens is 1. The summed E-state index contributed by atoms with van der Waals surface area (Å²) in [7, 11) is 0. The van der Waals surface area contributed by atoms with Crippen LogP contribution in [0.5, 0.6) is 0 Å². The molecule has 2 aromatic heterocycles. The van der Waals surface area contributed by atoms with E-state index in [1.807, 2.05) is 23.8 Å². The monoisotopic (exact) mass is 216 g/mol. The van der Waals surface area contributed by atoms with Gasteiger partial charge < -0.3 is 4.40 Å². The summed E-state index contributed by atoms with van der Waals surface area (Å²) in [6.45, 7) is 4.12. The first-order chi connectivity index (χ1) is 7.17. The largest absolute Gasteiger partial charge is 0.307 e. The van der Waals surface area contributed by atoms with E-state index in [1.165, 1.54) is 11.1 Å². The van der Waals surface area contributed by atoms with Gasteiger partial charge in [-0.15, -0.1) is 11.8 Å². The Labute approximate surface area is 93.5 Å². The van der Waals surface area contributed by atoms with Crippen LogP contribution in [-0.4, -0.2) is 10.7 Å². The molecule has 2 nitrogen and oxygen atoms in total. The molecule has 2 rings (SSSR count). The quantitative estimate of drug-likeness (QED) is 0.685. The Hall–Kier alpha value is -1.40. The van der Waals surface area contributed by atoms with Crippen molar-refractivity contribution < 1.29 is 0 Å². The first-order valence-electron chi connectivity index (χ1n) is 4.73. The average molecular weight is 216 g/mol. The molecule has 0 aliphatic heterocycles. The summed E-state index contributed by atoms with van der Waals surface area (Å²) in [6.07, 6.45) is 4.01. The highest BCUT2D eigenvalue weighted by Gasteiger charge is 2.10. The molecule has 0 spiro atoms. The number of aryl methyl sites for hydroxylation is 2. The van der Waals surface area contributed by atoms with Gasteiger partial charge in [0.25, 0.3) is 0 Å². The standard InChI is InChI=1S/C12H12N2S/c1-8-4-9(2)10-5-12(15-3)11(6-13)14(10)7-8/h4-5,7H,1-3H3. The van der Waals surface area contributed by atoms with Crippen molar-refractivity contribution in [3.63, 3.8) is 0 Å². The van der Waals surface area contributed by atoms with Crippen LogP contribution in [0.25, 0.3) is 5.52 Å². The van der Waals surface area contributed by atoms with E-state index in [0.29, 0.717) is 0 Å². The molecule has 0 aromatic carbocycles. The van der Waals surface area contributed by atoms with Gasteiger partial charge in [0.05, 0.1) is 5.52 Å². The molecule has 0 saturated carbocycles. The third-order valence-electron chi connectivity index (χ3n) is 2.51. The van der Waals surface area contributed by atoms with E-state index in [0.717, 1.165) is 16.1 Å². The van der Waals surface area contributed by atoms with Gasteiger partial charge in [0, 0.05) is 11.1 Å². The van der Waals surface area contributed by atoms with Crippen LogP contribution in [0, 0.1) is 25.2 Å². The molecule has 2 heterocycles. The maximum atomic E-state index is 9.13. The van der Waals surface area contributed by atoms with E-state index in [9.17, 15) is 0 Å². The summed E-state index contributed by atoms with van der Waals surface area (Å²) in [6, 6.07) is 6.49. The van der Waals surface area contributed by atoms with Crippen molar-refractivity contribution in [3.05, 3.63) is 35.2 Å². The normalized spacial score (nSPS) is 10.5. The molecule has 0 atom stereocenters. The summed E-state index contributed by atoms with van der Waals surface area (Å²) >= 11 is 1.62. The van der Waals surface area contributed by atoms with E-state index in [-0.39, 0.29) is 0 Å². The second kappa shape index (κ2) is 3.63. The van der Waals surface area contributed by atoms with Crippen molar-refractivity contribution in [2.24, 2.45) is 0 Å². The molecular formula is C12H12N2S. The summed E-state index contributed by atoms with van der Waals surface area (Å²) < 4.78 is 1.98. The Bertz CT molecular complexity index is 561. The molecule has 0 radical (unpaired) electrons. The maximum Gasteiger partial charge on any atom is 0.138 e. The van der Waals surface area contributed by atoms with Gasteiger partial charge in [-0.3, -0.25) is 0 Å². The fraction of sp³-hybridized carbons (Fsp3) is 0.250. The number of nitrogens with zero attached hydrogens (tertiary/aromatic N) is 2. The molecule has 0 aliphatic carbocycles. The van der Waals surface area contributed by atoms with Crippen molar-refractivity contribution >= 4 is 17.3 Å². The number of hydrogen-bond donors (Lipinski definition) is 0. The van der Waals surface area contributed by atoms with E-state index in [1.54, 1.807) is 11.8 Å². The first kappa shape index (κ1) is 10.1. The fourth-order valence-electron chi connectivity index (χ4n) is 1.86.